The van der Waals surface area contributed by atoms with E-state index in [4.69, 9.17) is 19.0 Å². The van der Waals surface area contributed by atoms with Crippen molar-refractivity contribution < 1.29 is 27.6 Å². The minimum Gasteiger partial charge on any atom is -0.434 e. The van der Waals surface area contributed by atoms with E-state index in [1.807, 2.05) is 56.5 Å². The number of nitrogens with zero attached hydrogens (tertiary/aromatic N) is 3. The molecule has 0 N–H and O–H groups in total. The molecule has 0 aliphatic carbocycles. The van der Waals surface area contributed by atoms with Crippen LogP contribution in [-0.4, -0.2) is 52.3 Å². The Hall–Kier alpha value is -3.24. The Morgan fingerprint density at radius 3 is 2.51 bits per heavy atom. The fourth-order valence-electron chi connectivity index (χ4n) is 4.95. The number of likely N-dealkylation sites (N-methyl/N-ethyl adjacent to an activating group) is 1. The number of halogens is 2. The van der Waals surface area contributed by atoms with E-state index in [9.17, 15) is 13.6 Å². The van der Waals surface area contributed by atoms with E-state index in [1.54, 1.807) is 24.1 Å². The Balaban J connectivity index is 1.53. The highest BCUT2D eigenvalue weighted by atomic mass is 19.3. The van der Waals surface area contributed by atoms with Crippen molar-refractivity contribution in [3.63, 3.8) is 0 Å². The van der Waals surface area contributed by atoms with E-state index < -0.39 is 31.0 Å². The number of carbonyl (C=O) groups is 1. The predicted molar refractivity (Wildman–Crippen MR) is 127 cm³/mol. The lowest BCUT2D eigenvalue weighted by Crippen LogP contribution is -2.41. The summed E-state index contributed by atoms with van der Waals surface area (Å²) in [5, 5.41) is 0. The quantitative estimate of drug-likeness (QED) is 0.533. The lowest BCUT2D eigenvalue weighted by atomic mass is 9.79. The first-order valence-electron chi connectivity index (χ1n) is 11.4. The summed E-state index contributed by atoms with van der Waals surface area (Å²) in [4.78, 5) is 19.6. The number of ether oxygens (including phenoxy) is 1. The van der Waals surface area contributed by atoms with Crippen LogP contribution in [0.5, 0.6) is 5.75 Å². The van der Waals surface area contributed by atoms with Crippen LogP contribution in [0.4, 0.5) is 8.78 Å². The second-order valence-electron chi connectivity index (χ2n) is 10.1. The van der Waals surface area contributed by atoms with Crippen LogP contribution in [0.3, 0.4) is 0 Å². The van der Waals surface area contributed by atoms with E-state index in [0.717, 1.165) is 11.0 Å². The first-order chi connectivity index (χ1) is 16.5. The van der Waals surface area contributed by atoms with Crippen molar-refractivity contribution in [3.8, 4) is 5.75 Å². The average molecular weight is 479 g/mol. The number of imidazole rings is 1. The molecule has 0 spiro atoms. The van der Waals surface area contributed by atoms with Crippen molar-refractivity contribution >= 4 is 35.2 Å². The second kappa shape index (κ2) is 7.14. The van der Waals surface area contributed by atoms with Crippen LogP contribution in [-0.2, 0) is 9.31 Å². The Labute approximate surface area is 201 Å². The van der Waals surface area contributed by atoms with E-state index in [-0.39, 0.29) is 11.7 Å². The molecule has 0 radical (unpaired) electrons. The third-order valence-corrected chi connectivity index (χ3v) is 7.52. The minimum atomic E-state index is -3.02. The average Bonchev–Trinajstić information content (AvgIpc) is 3.37. The number of alkyl halides is 2. The number of amides is 1. The SMILES string of the molecule is CN1C(=O)c2cccc(OC(F)F)c2C2=C[C@@H]1c1nc3ccc(B4OC(C)(C)C(C)(C)O4)cc3n12. The maximum absolute atomic E-state index is 13.3. The van der Waals surface area contributed by atoms with Gasteiger partial charge in [-0.1, -0.05) is 12.1 Å². The van der Waals surface area contributed by atoms with Gasteiger partial charge in [0, 0.05) is 7.05 Å². The van der Waals surface area contributed by atoms with Gasteiger partial charge in [-0.25, -0.2) is 4.98 Å². The molecule has 35 heavy (non-hydrogen) atoms. The Morgan fingerprint density at radius 2 is 1.83 bits per heavy atom. The summed E-state index contributed by atoms with van der Waals surface area (Å²) in [7, 11) is 1.11. The molecular formula is C25H24BF2N3O4. The number of benzene rings is 2. The molecule has 3 aromatic rings. The van der Waals surface area contributed by atoms with Gasteiger partial charge in [-0.05, 0) is 63.5 Å². The number of hydrogen-bond donors (Lipinski definition) is 0. The van der Waals surface area contributed by atoms with Crippen LogP contribution in [0, 0.1) is 0 Å². The lowest BCUT2D eigenvalue weighted by molar-refractivity contribution is -0.0501. The molecule has 3 aliphatic rings. The third kappa shape index (κ3) is 3.09. The number of aromatic nitrogens is 2. The molecular weight excluding hydrogens is 455 g/mol. The first kappa shape index (κ1) is 22.2. The third-order valence-electron chi connectivity index (χ3n) is 7.52. The van der Waals surface area contributed by atoms with Gasteiger partial charge in [-0.2, -0.15) is 8.78 Å². The molecule has 6 rings (SSSR count). The summed E-state index contributed by atoms with van der Waals surface area (Å²) in [6.07, 6.45) is 1.87. The molecule has 3 aliphatic heterocycles. The van der Waals surface area contributed by atoms with Crippen molar-refractivity contribution in [2.24, 2.45) is 0 Å². The molecule has 7 nitrogen and oxygen atoms in total. The van der Waals surface area contributed by atoms with Crippen LogP contribution < -0.4 is 10.2 Å². The summed E-state index contributed by atoms with van der Waals surface area (Å²) >= 11 is 0. The van der Waals surface area contributed by atoms with Crippen molar-refractivity contribution in [1.82, 2.24) is 14.5 Å². The van der Waals surface area contributed by atoms with Gasteiger partial charge in [0.25, 0.3) is 5.91 Å². The Morgan fingerprint density at radius 1 is 1.11 bits per heavy atom. The van der Waals surface area contributed by atoms with E-state index in [1.165, 1.54) is 6.07 Å². The monoisotopic (exact) mass is 479 g/mol. The van der Waals surface area contributed by atoms with Crippen LogP contribution in [0.1, 0.15) is 55.5 Å². The standard InChI is InChI=1S/C25H24BF2N3O4/c1-24(2)25(3,4)35-26(34-24)13-9-10-15-16(11-13)31-17-12-18(21(31)29-15)30(5)22(32)14-7-6-8-19(20(14)17)33-23(27)28/h6-12,18,23H,1-5H3/t18-/m1/s1. The molecule has 1 atom stereocenters. The molecule has 4 heterocycles. The summed E-state index contributed by atoms with van der Waals surface area (Å²) in [6, 6.07) is 9.93. The number of fused-ring (bicyclic) bond motifs is 8. The van der Waals surface area contributed by atoms with Gasteiger partial charge in [-0.3, -0.25) is 9.36 Å². The fraction of sp³-hybridized carbons (Fsp3) is 0.360. The van der Waals surface area contributed by atoms with Crippen molar-refractivity contribution in [1.29, 1.82) is 0 Å². The largest absolute Gasteiger partial charge is 0.494 e. The highest BCUT2D eigenvalue weighted by Crippen LogP contribution is 2.45. The minimum absolute atomic E-state index is 0.0528. The molecule has 180 valence electrons. The van der Waals surface area contributed by atoms with Crippen LogP contribution in [0.15, 0.2) is 42.5 Å². The number of rotatable bonds is 3. The molecule has 1 saturated heterocycles. The molecule has 1 aromatic heterocycles. The van der Waals surface area contributed by atoms with E-state index in [2.05, 4.69) is 0 Å². The Bertz CT molecular complexity index is 1420. The zero-order valence-corrected chi connectivity index (χ0v) is 20.0. The second-order valence-corrected chi connectivity index (χ2v) is 10.1. The summed E-state index contributed by atoms with van der Waals surface area (Å²) in [6.45, 7) is 4.95. The molecule has 2 aromatic carbocycles. The van der Waals surface area contributed by atoms with Crippen LogP contribution in [0.2, 0.25) is 0 Å². The Kier molecular flexibility index (Phi) is 4.54. The molecule has 1 amide bonds. The van der Waals surface area contributed by atoms with Gasteiger partial charge in [0.2, 0.25) is 0 Å². The maximum atomic E-state index is 13.3. The van der Waals surface area contributed by atoms with E-state index in [0.29, 0.717) is 28.2 Å². The van der Waals surface area contributed by atoms with Crippen molar-refractivity contribution in [2.45, 2.75) is 51.6 Å². The molecule has 0 unspecified atom stereocenters. The molecule has 2 bridgehead atoms. The fourth-order valence-corrected chi connectivity index (χ4v) is 4.95. The highest BCUT2D eigenvalue weighted by molar-refractivity contribution is 6.62. The molecule has 0 saturated carbocycles. The van der Waals surface area contributed by atoms with Gasteiger partial charge in [0.15, 0.2) is 0 Å². The van der Waals surface area contributed by atoms with Crippen molar-refractivity contribution in [3.05, 3.63) is 59.4 Å². The normalized spacial score (nSPS) is 21.9. The lowest BCUT2D eigenvalue weighted by Gasteiger charge is -2.32. The zero-order chi connectivity index (χ0) is 24.9. The zero-order valence-electron chi connectivity index (χ0n) is 20.0. The maximum Gasteiger partial charge on any atom is 0.494 e. The van der Waals surface area contributed by atoms with Crippen molar-refractivity contribution in [2.75, 3.05) is 7.05 Å². The van der Waals surface area contributed by atoms with E-state index >= 15 is 0 Å². The number of hydrogen-bond acceptors (Lipinski definition) is 5. The van der Waals surface area contributed by atoms with Gasteiger partial charge in [0.1, 0.15) is 17.6 Å². The molecule has 10 heteroatoms. The smallest absolute Gasteiger partial charge is 0.434 e. The summed E-state index contributed by atoms with van der Waals surface area (Å²) in [5.41, 5.74) is 2.52. The predicted octanol–water partition coefficient (Wildman–Crippen LogP) is 3.97. The first-order valence-corrected chi connectivity index (χ1v) is 11.4. The van der Waals surface area contributed by atoms with Gasteiger partial charge >= 0.3 is 13.7 Å². The summed E-state index contributed by atoms with van der Waals surface area (Å²) < 4.78 is 45.7. The van der Waals surface area contributed by atoms with Crippen LogP contribution >= 0.6 is 0 Å². The summed E-state index contributed by atoms with van der Waals surface area (Å²) in [5.74, 6) is 0.296. The topological polar surface area (TPSA) is 65.8 Å². The molecule has 1 fully saturated rings. The van der Waals surface area contributed by atoms with Gasteiger partial charge in [-0.15, -0.1) is 0 Å². The number of carbonyl (C=O) groups excluding carboxylic acids is 1. The highest BCUT2D eigenvalue weighted by Gasteiger charge is 2.52. The van der Waals surface area contributed by atoms with Crippen LogP contribution in [0.25, 0.3) is 16.7 Å². The van der Waals surface area contributed by atoms with Gasteiger partial charge in [0.05, 0.1) is 39.1 Å². The van der Waals surface area contributed by atoms with Gasteiger partial charge < -0.3 is 18.9 Å².